The SMILES string of the molecule is C=C(C#N)C(=O)OCC(CC)CC. The Morgan fingerprint density at radius 3 is 2.46 bits per heavy atom. The van der Waals surface area contributed by atoms with Crippen molar-refractivity contribution >= 4 is 5.97 Å². The van der Waals surface area contributed by atoms with Crippen molar-refractivity contribution in [2.75, 3.05) is 6.61 Å². The Morgan fingerprint density at radius 1 is 1.54 bits per heavy atom. The number of carbonyl (C=O) groups is 1. The Bertz CT molecular complexity index is 224. The van der Waals surface area contributed by atoms with E-state index in [0.717, 1.165) is 12.8 Å². The molecule has 0 aromatic rings. The number of rotatable bonds is 5. The van der Waals surface area contributed by atoms with Crippen LogP contribution in [0.5, 0.6) is 0 Å². The van der Waals surface area contributed by atoms with E-state index in [2.05, 4.69) is 6.58 Å². The second-order valence-electron chi connectivity index (χ2n) is 2.87. The molecule has 0 spiro atoms. The van der Waals surface area contributed by atoms with Gasteiger partial charge in [-0.3, -0.25) is 0 Å². The maximum atomic E-state index is 11.0. The molecule has 0 aromatic carbocycles. The fraction of sp³-hybridized carbons (Fsp3) is 0.600. The zero-order valence-electron chi connectivity index (χ0n) is 8.17. The smallest absolute Gasteiger partial charge is 0.348 e. The molecule has 0 rings (SSSR count). The quantitative estimate of drug-likeness (QED) is 0.370. The molecular weight excluding hydrogens is 166 g/mol. The zero-order chi connectivity index (χ0) is 10.3. The molecule has 0 radical (unpaired) electrons. The van der Waals surface area contributed by atoms with E-state index < -0.39 is 5.97 Å². The van der Waals surface area contributed by atoms with Crippen LogP contribution < -0.4 is 0 Å². The first-order chi connectivity index (χ1) is 6.15. The van der Waals surface area contributed by atoms with Gasteiger partial charge in [-0.2, -0.15) is 5.26 Å². The average Bonchev–Trinajstić information content (AvgIpc) is 2.17. The van der Waals surface area contributed by atoms with Crippen LogP contribution in [0, 0.1) is 17.2 Å². The van der Waals surface area contributed by atoms with Crippen molar-refractivity contribution in [3.63, 3.8) is 0 Å². The van der Waals surface area contributed by atoms with Crippen LogP contribution in [-0.4, -0.2) is 12.6 Å². The van der Waals surface area contributed by atoms with Gasteiger partial charge in [-0.05, 0) is 5.92 Å². The molecule has 0 aromatic heterocycles. The van der Waals surface area contributed by atoms with Crippen molar-refractivity contribution in [3.8, 4) is 6.07 Å². The van der Waals surface area contributed by atoms with Gasteiger partial charge in [-0.1, -0.05) is 33.3 Å². The van der Waals surface area contributed by atoms with Gasteiger partial charge in [0.25, 0.3) is 0 Å². The van der Waals surface area contributed by atoms with Gasteiger partial charge < -0.3 is 4.74 Å². The number of nitrogens with zero attached hydrogens (tertiary/aromatic N) is 1. The van der Waals surface area contributed by atoms with E-state index >= 15 is 0 Å². The van der Waals surface area contributed by atoms with Gasteiger partial charge in [-0.25, -0.2) is 4.79 Å². The van der Waals surface area contributed by atoms with Crippen molar-refractivity contribution in [2.45, 2.75) is 26.7 Å². The van der Waals surface area contributed by atoms with Crippen LogP contribution in [0.4, 0.5) is 0 Å². The fourth-order valence-corrected chi connectivity index (χ4v) is 0.851. The van der Waals surface area contributed by atoms with Gasteiger partial charge in [0.05, 0.1) is 6.61 Å². The lowest BCUT2D eigenvalue weighted by Crippen LogP contribution is -2.13. The van der Waals surface area contributed by atoms with Crippen LogP contribution in [0.2, 0.25) is 0 Å². The predicted molar refractivity (Wildman–Crippen MR) is 49.8 cm³/mol. The van der Waals surface area contributed by atoms with Gasteiger partial charge in [-0.15, -0.1) is 0 Å². The molecule has 0 aliphatic heterocycles. The maximum Gasteiger partial charge on any atom is 0.348 e. The maximum absolute atomic E-state index is 11.0. The highest BCUT2D eigenvalue weighted by Gasteiger charge is 2.10. The third-order valence-electron chi connectivity index (χ3n) is 1.99. The molecule has 0 amide bonds. The Balaban J connectivity index is 3.83. The normalized spacial score (nSPS) is 9.38. The van der Waals surface area contributed by atoms with E-state index in [-0.39, 0.29) is 5.57 Å². The zero-order valence-corrected chi connectivity index (χ0v) is 8.17. The minimum atomic E-state index is -0.602. The molecule has 13 heavy (non-hydrogen) atoms. The first-order valence-electron chi connectivity index (χ1n) is 4.41. The number of ether oxygens (including phenoxy) is 1. The van der Waals surface area contributed by atoms with Crippen LogP contribution >= 0.6 is 0 Å². The highest BCUT2D eigenvalue weighted by molar-refractivity contribution is 5.91. The van der Waals surface area contributed by atoms with Gasteiger partial charge in [0.15, 0.2) is 0 Å². The summed E-state index contributed by atoms with van der Waals surface area (Å²) in [6.45, 7) is 7.73. The molecule has 0 saturated carbocycles. The monoisotopic (exact) mass is 181 g/mol. The first-order valence-corrected chi connectivity index (χ1v) is 4.41. The Labute approximate surface area is 79.0 Å². The van der Waals surface area contributed by atoms with Gasteiger partial charge in [0.2, 0.25) is 0 Å². The van der Waals surface area contributed by atoms with Crippen molar-refractivity contribution in [1.82, 2.24) is 0 Å². The fourth-order valence-electron chi connectivity index (χ4n) is 0.851. The number of esters is 1. The summed E-state index contributed by atoms with van der Waals surface area (Å²) < 4.78 is 4.88. The van der Waals surface area contributed by atoms with Crippen molar-refractivity contribution in [1.29, 1.82) is 5.26 Å². The molecule has 0 fully saturated rings. The molecule has 0 bridgehead atoms. The molecule has 0 heterocycles. The van der Waals surface area contributed by atoms with E-state index in [1.807, 2.05) is 13.8 Å². The second-order valence-corrected chi connectivity index (χ2v) is 2.87. The predicted octanol–water partition coefficient (Wildman–Crippen LogP) is 2.05. The molecule has 3 heteroatoms. The summed E-state index contributed by atoms with van der Waals surface area (Å²) in [7, 11) is 0. The Kier molecular flexibility index (Phi) is 5.62. The highest BCUT2D eigenvalue weighted by Crippen LogP contribution is 2.08. The Morgan fingerprint density at radius 2 is 2.08 bits per heavy atom. The lowest BCUT2D eigenvalue weighted by Gasteiger charge is -2.11. The first kappa shape index (κ1) is 11.7. The molecule has 0 N–H and O–H groups in total. The summed E-state index contributed by atoms with van der Waals surface area (Å²) in [6, 6.07) is 1.66. The lowest BCUT2D eigenvalue weighted by atomic mass is 10.1. The molecule has 0 saturated heterocycles. The topological polar surface area (TPSA) is 50.1 Å². The summed E-state index contributed by atoms with van der Waals surface area (Å²) in [5, 5.41) is 8.33. The standard InChI is InChI=1S/C10H15NO2/c1-4-9(5-2)7-13-10(12)8(3)6-11/h9H,3-5,7H2,1-2H3. The minimum Gasteiger partial charge on any atom is -0.461 e. The number of carbonyl (C=O) groups excluding carboxylic acids is 1. The van der Waals surface area contributed by atoms with Crippen molar-refractivity contribution < 1.29 is 9.53 Å². The van der Waals surface area contributed by atoms with E-state index in [1.165, 1.54) is 0 Å². The van der Waals surface area contributed by atoms with Crippen molar-refractivity contribution in [3.05, 3.63) is 12.2 Å². The summed E-state index contributed by atoms with van der Waals surface area (Å²) in [5.41, 5.74) is -0.133. The van der Waals surface area contributed by atoms with Crippen LogP contribution in [0.25, 0.3) is 0 Å². The molecule has 72 valence electrons. The summed E-state index contributed by atoms with van der Waals surface area (Å²) in [5.74, 6) is -0.218. The molecule has 0 aliphatic rings. The molecular formula is C10H15NO2. The lowest BCUT2D eigenvalue weighted by molar-refractivity contribution is -0.139. The van der Waals surface area contributed by atoms with Gasteiger partial charge in [0, 0.05) is 0 Å². The van der Waals surface area contributed by atoms with Crippen molar-refractivity contribution in [2.24, 2.45) is 5.92 Å². The largest absolute Gasteiger partial charge is 0.461 e. The molecule has 3 nitrogen and oxygen atoms in total. The minimum absolute atomic E-state index is 0.133. The third-order valence-corrected chi connectivity index (χ3v) is 1.99. The summed E-state index contributed by atoms with van der Waals surface area (Å²) >= 11 is 0. The van der Waals surface area contributed by atoms with E-state index in [9.17, 15) is 4.79 Å². The number of hydrogen-bond acceptors (Lipinski definition) is 3. The van der Waals surface area contributed by atoms with Gasteiger partial charge in [0.1, 0.15) is 11.6 Å². The molecule has 0 atom stereocenters. The van der Waals surface area contributed by atoms with Crippen LogP contribution in [-0.2, 0) is 9.53 Å². The van der Waals surface area contributed by atoms with E-state index in [1.54, 1.807) is 6.07 Å². The van der Waals surface area contributed by atoms with E-state index in [4.69, 9.17) is 10.00 Å². The highest BCUT2D eigenvalue weighted by atomic mass is 16.5. The van der Waals surface area contributed by atoms with Gasteiger partial charge >= 0.3 is 5.97 Å². The molecule has 0 aliphatic carbocycles. The Hall–Kier alpha value is -1.30. The average molecular weight is 181 g/mol. The summed E-state index contributed by atoms with van der Waals surface area (Å²) in [6.07, 6.45) is 1.95. The van der Waals surface area contributed by atoms with Crippen LogP contribution in [0.1, 0.15) is 26.7 Å². The molecule has 0 unspecified atom stereocenters. The number of nitriles is 1. The summed E-state index contributed by atoms with van der Waals surface area (Å²) in [4.78, 5) is 11.0. The number of hydrogen-bond donors (Lipinski definition) is 0. The second kappa shape index (κ2) is 6.24. The van der Waals surface area contributed by atoms with Crippen LogP contribution in [0.3, 0.4) is 0 Å². The van der Waals surface area contributed by atoms with E-state index in [0.29, 0.717) is 12.5 Å². The van der Waals surface area contributed by atoms with Crippen LogP contribution in [0.15, 0.2) is 12.2 Å². The third kappa shape index (κ3) is 4.32.